The Morgan fingerprint density at radius 1 is 1.75 bits per heavy atom. The highest BCUT2D eigenvalue weighted by molar-refractivity contribution is 7.09. The van der Waals surface area contributed by atoms with E-state index in [1.54, 1.807) is 11.3 Å². The molecule has 1 heterocycles. The zero-order valence-corrected chi connectivity index (χ0v) is 7.69. The summed E-state index contributed by atoms with van der Waals surface area (Å²) in [6.07, 6.45) is 1.27. The van der Waals surface area contributed by atoms with Crippen molar-refractivity contribution < 1.29 is 9.63 Å². The monoisotopic (exact) mass is 185 g/mol. The van der Waals surface area contributed by atoms with Crippen LogP contribution in [0.5, 0.6) is 0 Å². The zero-order chi connectivity index (χ0) is 8.81. The molecule has 0 aliphatic heterocycles. The van der Waals surface area contributed by atoms with Crippen LogP contribution in [0, 0.1) is 0 Å². The van der Waals surface area contributed by atoms with Gasteiger partial charge >= 0.3 is 0 Å². The molecular formula is C8H11NO2S. The Kier molecular flexibility index (Phi) is 3.76. The van der Waals surface area contributed by atoms with E-state index in [1.807, 2.05) is 17.5 Å². The number of hydrogen-bond donors (Lipinski definition) is 1. The molecule has 0 aliphatic carbocycles. The molecule has 0 saturated carbocycles. The lowest BCUT2D eigenvalue weighted by Gasteiger charge is -1.99. The van der Waals surface area contributed by atoms with E-state index in [4.69, 9.17) is 0 Å². The molecule has 1 N–H and O–H groups in total. The second-order valence-electron chi connectivity index (χ2n) is 2.31. The van der Waals surface area contributed by atoms with Crippen LogP contribution in [0.1, 0.15) is 11.3 Å². The van der Waals surface area contributed by atoms with E-state index in [-0.39, 0.29) is 5.91 Å². The molecule has 1 amide bonds. The number of hydrogen-bond acceptors (Lipinski definition) is 3. The SMILES string of the molecule is CONC(=O)CCc1cccs1. The summed E-state index contributed by atoms with van der Waals surface area (Å²) in [6, 6.07) is 4.00. The first-order valence-corrected chi connectivity index (χ1v) is 4.55. The molecule has 0 spiro atoms. The van der Waals surface area contributed by atoms with Crippen LogP contribution in [-0.4, -0.2) is 13.0 Å². The van der Waals surface area contributed by atoms with E-state index >= 15 is 0 Å². The van der Waals surface area contributed by atoms with Crippen LogP contribution < -0.4 is 5.48 Å². The number of carbonyl (C=O) groups is 1. The van der Waals surface area contributed by atoms with Gasteiger partial charge in [0.25, 0.3) is 0 Å². The van der Waals surface area contributed by atoms with Gasteiger partial charge in [-0.05, 0) is 17.9 Å². The average Bonchev–Trinajstić information content (AvgIpc) is 2.53. The summed E-state index contributed by atoms with van der Waals surface area (Å²) in [5.74, 6) is -0.0779. The van der Waals surface area contributed by atoms with E-state index in [1.165, 1.54) is 12.0 Å². The summed E-state index contributed by atoms with van der Waals surface area (Å²) in [7, 11) is 1.43. The van der Waals surface area contributed by atoms with Gasteiger partial charge in [0, 0.05) is 11.3 Å². The first kappa shape index (κ1) is 9.22. The molecule has 1 rings (SSSR count). The molecule has 0 bridgehead atoms. The minimum absolute atomic E-state index is 0.0779. The van der Waals surface area contributed by atoms with Crippen molar-refractivity contribution in [2.45, 2.75) is 12.8 Å². The highest BCUT2D eigenvalue weighted by atomic mass is 32.1. The second-order valence-corrected chi connectivity index (χ2v) is 3.34. The lowest BCUT2D eigenvalue weighted by molar-refractivity contribution is -0.131. The molecule has 1 aromatic rings. The van der Waals surface area contributed by atoms with Gasteiger partial charge in [0.1, 0.15) is 0 Å². The molecule has 1 aromatic heterocycles. The fourth-order valence-electron chi connectivity index (χ4n) is 0.856. The van der Waals surface area contributed by atoms with Crippen molar-refractivity contribution in [2.75, 3.05) is 7.11 Å². The lowest BCUT2D eigenvalue weighted by atomic mass is 10.2. The Morgan fingerprint density at radius 3 is 3.17 bits per heavy atom. The minimum Gasteiger partial charge on any atom is -0.277 e. The minimum atomic E-state index is -0.0779. The third-order valence-electron chi connectivity index (χ3n) is 1.39. The summed E-state index contributed by atoms with van der Waals surface area (Å²) < 4.78 is 0. The quantitative estimate of drug-likeness (QED) is 0.719. The van der Waals surface area contributed by atoms with Gasteiger partial charge in [-0.3, -0.25) is 9.63 Å². The van der Waals surface area contributed by atoms with E-state index in [0.717, 1.165) is 6.42 Å². The standard InChI is InChI=1S/C8H11NO2S/c1-11-9-8(10)5-4-7-3-2-6-12-7/h2-3,6H,4-5H2,1H3,(H,9,10). The van der Waals surface area contributed by atoms with E-state index < -0.39 is 0 Å². The number of thiophene rings is 1. The van der Waals surface area contributed by atoms with Crippen LogP contribution in [0.25, 0.3) is 0 Å². The fraction of sp³-hybridized carbons (Fsp3) is 0.375. The molecule has 0 aliphatic rings. The Hall–Kier alpha value is -0.870. The second kappa shape index (κ2) is 4.90. The number of carbonyl (C=O) groups excluding carboxylic acids is 1. The summed E-state index contributed by atoms with van der Waals surface area (Å²) >= 11 is 1.66. The van der Waals surface area contributed by atoms with Gasteiger partial charge in [-0.25, -0.2) is 5.48 Å². The Balaban J connectivity index is 2.22. The average molecular weight is 185 g/mol. The maximum atomic E-state index is 10.9. The predicted molar refractivity (Wildman–Crippen MR) is 47.8 cm³/mol. The van der Waals surface area contributed by atoms with Crippen LogP contribution in [0.4, 0.5) is 0 Å². The highest BCUT2D eigenvalue weighted by Crippen LogP contribution is 2.10. The molecule has 0 aromatic carbocycles. The van der Waals surface area contributed by atoms with Crippen molar-refractivity contribution >= 4 is 17.2 Å². The Morgan fingerprint density at radius 2 is 2.58 bits per heavy atom. The Labute approximate surface area is 75.3 Å². The maximum absolute atomic E-state index is 10.9. The van der Waals surface area contributed by atoms with Gasteiger partial charge in [-0.2, -0.15) is 0 Å². The van der Waals surface area contributed by atoms with Gasteiger partial charge < -0.3 is 0 Å². The van der Waals surface area contributed by atoms with Gasteiger partial charge in [0.15, 0.2) is 0 Å². The summed E-state index contributed by atoms with van der Waals surface area (Å²) in [6.45, 7) is 0. The first-order valence-electron chi connectivity index (χ1n) is 3.67. The van der Waals surface area contributed by atoms with E-state index in [9.17, 15) is 4.79 Å². The largest absolute Gasteiger partial charge is 0.277 e. The molecule has 0 fully saturated rings. The normalized spacial score (nSPS) is 9.75. The maximum Gasteiger partial charge on any atom is 0.243 e. The van der Waals surface area contributed by atoms with Gasteiger partial charge in [0.2, 0.25) is 5.91 Å². The molecule has 12 heavy (non-hydrogen) atoms. The fourth-order valence-corrected chi connectivity index (χ4v) is 1.57. The third kappa shape index (κ3) is 3.02. The van der Waals surface area contributed by atoms with Crippen LogP contribution >= 0.6 is 11.3 Å². The molecule has 0 radical (unpaired) electrons. The number of rotatable bonds is 4. The predicted octanol–water partition coefficient (Wildman–Crippen LogP) is 1.36. The number of hydroxylamine groups is 1. The molecular weight excluding hydrogens is 174 g/mol. The van der Waals surface area contributed by atoms with Crippen LogP contribution in [0.3, 0.4) is 0 Å². The van der Waals surface area contributed by atoms with Gasteiger partial charge in [-0.1, -0.05) is 6.07 Å². The van der Waals surface area contributed by atoms with Crippen molar-refractivity contribution in [1.29, 1.82) is 0 Å². The number of nitrogens with one attached hydrogen (secondary N) is 1. The topological polar surface area (TPSA) is 38.3 Å². The summed E-state index contributed by atoms with van der Waals surface area (Å²) in [4.78, 5) is 16.6. The van der Waals surface area contributed by atoms with Gasteiger partial charge in [0.05, 0.1) is 7.11 Å². The molecule has 0 unspecified atom stereocenters. The van der Waals surface area contributed by atoms with Gasteiger partial charge in [-0.15, -0.1) is 11.3 Å². The van der Waals surface area contributed by atoms with Crippen molar-refractivity contribution in [3.05, 3.63) is 22.4 Å². The summed E-state index contributed by atoms with van der Waals surface area (Å²) in [5.41, 5.74) is 2.27. The van der Waals surface area contributed by atoms with Crippen molar-refractivity contribution in [2.24, 2.45) is 0 Å². The summed E-state index contributed by atoms with van der Waals surface area (Å²) in [5, 5.41) is 2.00. The van der Waals surface area contributed by atoms with Crippen LogP contribution in [-0.2, 0) is 16.1 Å². The van der Waals surface area contributed by atoms with Crippen LogP contribution in [0.2, 0.25) is 0 Å². The third-order valence-corrected chi connectivity index (χ3v) is 2.33. The molecule has 4 heteroatoms. The lowest BCUT2D eigenvalue weighted by Crippen LogP contribution is -2.21. The molecule has 3 nitrogen and oxygen atoms in total. The molecule has 0 saturated heterocycles. The molecule has 66 valence electrons. The first-order chi connectivity index (χ1) is 5.83. The van der Waals surface area contributed by atoms with E-state index in [2.05, 4.69) is 10.3 Å². The van der Waals surface area contributed by atoms with E-state index in [0.29, 0.717) is 6.42 Å². The number of aryl methyl sites for hydroxylation is 1. The number of amides is 1. The van der Waals surface area contributed by atoms with Crippen molar-refractivity contribution in [3.8, 4) is 0 Å². The Bertz CT molecular complexity index is 233. The highest BCUT2D eigenvalue weighted by Gasteiger charge is 2.00. The zero-order valence-electron chi connectivity index (χ0n) is 6.87. The molecule has 0 atom stereocenters. The van der Waals surface area contributed by atoms with Crippen LogP contribution in [0.15, 0.2) is 17.5 Å². The van der Waals surface area contributed by atoms with Crippen molar-refractivity contribution in [1.82, 2.24) is 5.48 Å². The van der Waals surface area contributed by atoms with Crippen molar-refractivity contribution in [3.63, 3.8) is 0 Å². The smallest absolute Gasteiger partial charge is 0.243 e.